The molecule has 1 unspecified atom stereocenters. The molecular weight excluding hydrogens is 260 g/mol. The predicted molar refractivity (Wildman–Crippen MR) is 79.0 cm³/mol. The zero-order chi connectivity index (χ0) is 15.3. The largest absolute Gasteiger partial charge is 0.396 e. The number of nitrogens with one attached hydrogen (secondary N) is 2. The molecule has 7 heteroatoms. The summed E-state index contributed by atoms with van der Waals surface area (Å²) in [5.41, 5.74) is -0.127. The molecule has 0 aliphatic carbocycles. The van der Waals surface area contributed by atoms with Crippen LogP contribution in [0.1, 0.15) is 27.2 Å². The molecule has 1 aromatic heterocycles. The zero-order valence-electron chi connectivity index (χ0n) is 12.3. The Labute approximate surface area is 118 Å². The molecule has 1 heterocycles. The van der Waals surface area contributed by atoms with Crippen LogP contribution in [-0.2, 0) is 0 Å². The summed E-state index contributed by atoms with van der Waals surface area (Å²) in [5.74, 6) is 0.857. The fraction of sp³-hybridized carbons (Fsp3) is 0.615. The Hall–Kier alpha value is -1.89. The lowest BCUT2D eigenvalue weighted by molar-refractivity contribution is -0.384. The number of nitrogens with zero attached hydrogens (tertiary/aromatic N) is 2. The van der Waals surface area contributed by atoms with Crippen LogP contribution >= 0.6 is 0 Å². The summed E-state index contributed by atoms with van der Waals surface area (Å²) < 4.78 is 0. The third-order valence-corrected chi connectivity index (χ3v) is 3.06. The molecule has 0 radical (unpaired) electrons. The molecule has 0 saturated heterocycles. The van der Waals surface area contributed by atoms with E-state index in [0.29, 0.717) is 18.1 Å². The van der Waals surface area contributed by atoms with E-state index in [9.17, 15) is 10.1 Å². The molecule has 112 valence electrons. The van der Waals surface area contributed by atoms with Crippen LogP contribution in [-0.4, -0.2) is 34.7 Å². The molecule has 0 bridgehead atoms. The van der Waals surface area contributed by atoms with Gasteiger partial charge in [0.2, 0.25) is 0 Å². The van der Waals surface area contributed by atoms with Crippen LogP contribution < -0.4 is 10.6 Å². The second-order valence-corrected chi connectivity index (χ2v) is 5.68. The summed E-state index contributed by atoms with van der Waals surface area (Å²) in [6.07, 6.45) is 0.544. The van der Waals surface area contributed by atoms with Gasteiger partial charge in [-0.2, -0.15) is 0 Å². The normalized spacial score (nSPS) is 12.8. The van der Waals surface area contributed by atoms with Gasteiger partial charge in [-0.1, -0.05) is 20.8 Å². The third-order valence-electron chi connectivity index (χ3n) is 3.06. The van der Waals surface area contributed by atoms with E-state index in [4.69, 9.17) is 5.11 Å². The van der Waals surface area contributed by atoms with Crippen LogP contribution in [0.4, 0.5) is 17.3 Å². The van der Waals surface area contributed by atoms with Crippen molar-refractivity contribution in [2.24, 2.45) is 5.41 Å². The summed E-state index contributed by atoms with van der Waals surface area (Å²) in [4.78, 5) is 14.7. The van der Waals surface area contributed by atoms with E-state index in [1.807, 2.05) is 20.8 Å². The van der Waals surface area contributed by atoms with Crippen molar-refractivity contribution < 1.29 is 10.0 Å². The van der Waals surface area contributed by atoms with Crippen LogP contribution in [0.2, 0.25) is 0 Å². The average molecular weight is 282 g/mol. The van der Waals surface area contributed by atoms with E-state index < -0.39 is 4.92 Å². The Bertz CT molecular complexity index is 471. The molecule has 1 atom stereocenters. The van der Waals surface area contributed by atoms with Crippen molar-refractivity contribution >= 4 is 17.3 Å². The molecule has 1 rings (SSSR count). The van der Waals surface area contributed by atoms with Crippen molar-refractivity contribution in [1.82, 2.24) is 4.98 Å². The van der Waals surface area contributed by atoms with E-state index >= 15 is 0 Å². The molecule has 7 nitrogen and oxygen atoms in total. The smallest absolute Gasteiger partial charge is 0.276 e. The molecule has 0 aliphatic rings. The highest BCUT2D eigenvalue weighted by molar-refractivity contribution is 5.54. The molecule has 0 spiro atoms. The first-order chi connectivity index (χ1) is 9.27. The highest BCUT2D eigenvalue weighted by Gasteiger charge is 2.25. The molecular formula is C13H22N4O3. The first kappa shape index (κ1) is 16.2. The Morgan fingerprint density at radius 1 is 1.40 bits per heavy atom. The fourth-order valence-electron chi connectivity index (χ4n) is 1.85. The first-order valence-corrected chi connectivity index (χ1v) is 6.49. The van der Waals surface area contributed by atoms with Crippen molar-refractivity contribution in [1.29, 1.82) is 0 Å². The van der Waals surface area contributed by atoms with Crippen molar-refractivity contribution in [2.45, 2.75) is 33.2 Å². The molecule has 0 saturated carbocycles. The van der Waals surface area contributed by atoms with Gasteiger partial charge < -0.3 is 15.7 Å². The topological polar surface area (TPSA) is 100 Å². The molecule has 0 amide bonds. The first-order valence-electron chi connectivity index (χ1n) is 6.49. The standard InChI is InChI=1S/C13H22N4O3/c1-13(2,3)10(5-6-18)15-12-8-9(17(19)20)7-11(14-4)16-12/h7-8,10,18H,5-6H2,1-4H3,(H2,14,15,16). The van der Waals surface area contributed by atoms with E-state index in [0.717, 1.165) is 0 Å². The van der Waals surface area contributed by atoms with E-state index in [2.05, 4.69) is 15.6 Å². The summed E-state index contributed by atoms with van der Waals surface area (Å²) in [6.45, 7) is 6.16. The number of hydrogen-bond acceptors (Lipinski definition) is 6. The van der Waals surface area contributed by atoms with Gasteiger partial charge in [-0.15, -0.1) is 0 Å². The Kier molecular flexibility index (Phi) is 5.26. The molecule has 0 aliphatic heterocycles. The van der Waals surface area contributed by atoms with Crippen molar-refractivity contribution in [3.8, 4) is 0 Å². The van der Waals surface area contributed by atoms with Gasteiger partial charge in [0.15, 0.2) is 0 Å². The van der Waals surface area contributed by atoms with Crippen molar-refractivity contribution in [3.05, 3.63) is 22.2 Å². The minimum atomic E-state index is -0.453. The molecule has 0 fully saturated rings. The fourth-order valence-corrected chi connectivity index (χ4v) is 1.85. The highest BCUT2D eigenvalue weighted by atomic mass is 16.6. The van der Waals surface area contributed by atoms with Crippen molar-refractivity contribution in [3.63, 3.8) is 0 Å². The highest BCUT2D eigenvalue weighted by Crippen LogP contribution is 2.27. The average Bonchev–Trinajstić information content (AvgIpc) is 2.36. The number of nitro groups is 1. The number of aliphatic hydroxyl groups is 1. The maximum absolute atomic E-state index is 10.9. The Morgan fingerprint density at radius 3 is 2.45 bits per heavy atom. The number of aliphatic hydroxyl groups excluding tert-OH is 1. The summed E-state index contributed by atoms with van der Waals surface area (Å²) in [6, 6.07) is 2.74. The maximum Gasteiger partial charge on any atom is 0.276 e. The molecule has 1 aromatic rings. The van der Waals surface area contributed by atoms with Crippen LogP contribution in [0.25, 0.3) is 0 Å². The van der Waals surface area contributed by atoms with Gasteiger partial charge in [-0.3, -0.25) is 10.1 Å². The predicted octanol–water partition coefficient (Wildman–Crippen LogP) is 2.24. The minimum absolute atomic E-state index is 0.0245. The minimum Gasteiger partial charge on any atom is -0.396 e. The van der Waals surface area contributed by atoms with Gasteiger partial charge >= 0.3 is 0 Å². The maximum atomic E-state index is 10.9. The summed E-state index contributed by atoms with van der Waals surface area (Å²) in [5, 5.41) is 26.0. The van der Waals surface area contributed by atoms with Gasteiger partial charge in [0, 0.05) is 19.7 Å². The van der Waals surface area contributed by atoms with Crippen LogP contribution in [0.15, 0.2) is 12.1 Å². The number of hydrogen-bond donors (Lipinski definition) is 3. The van der Waals surface area contributed by atoms with Gasteiger partial charge in [-0.25, -0.2) is 4.98 Å². The molecule has 3 N–H and O–H groups in total. The van der Waals surface area contributed by atoms with E-state index in [-0.39, 0.29) is 23.8 Å². The third kappa shape index (κ3) is 4.34. The second kappa shape index (κ2) is 6.51. The second-order valence-electron chi connectivity index (χ2n) is 5.68. The summed E-state index contributed by atoms with van der Waals surface area (Å²) in [7, 11) is 1.66. The lowest BCUT2D eigenvalue weighted by Crippen LogP contribution is -2.35. The number of aromatic nitrogens is 1. The van der Waals surface area contributed by atoms with Gasteiger partial charge in [0.25, 0.3) is 5.69 Å². The summed E-state index contributed by atoms with van der Waals surface area (Å²) >= 11 is 0. The van der Waals surface area contributed by atoms with Gasteiger partial charge in [0.1, 0.15) is 11.6 Å². The Balaban J connectivity index is 3.05. The number of pyridine rings is 1. The number of anilines is 2. The quantitative estimate of drug-likeness (QED) is 0.546. The van der Waals surface area contributed by atoms with Gasteiger partial charge in [0.05, 0.1) is 17.1 Å². The van der Waals surface area contributed by atoms with Crippen LogP contribution in [0.3, 0.4) is 0 Å². The SMILES string of the molecule is CNc1cc([N+](=O)[O-])cc(NC(CCO)C(C)(C)C)n1. The van der Waals surface area contributed by atoms with E-state index in [1.165, 1.54) is 12.1 Å². The molecule has 20 heavy (non-hydrogen) atoms. The lowest BCUT2D eigenvalue weighted by atomic mass is 9.85. The zero-order valence-corrected chi connectivity index (χ0v) is 12.3. The number of rotatable bonds is 6. The van der Waals surface area contributed by atoms with Gasteiger partial charge in [-0.05, 0) is 11.8 Å². The van der Waals surface area contributed by atoms with Crippen LogP contribution in [0.5, 0.6) is 0 Å². The van der Waals surface area contributed by atoms with E-state index in [1.54, 1.807) is 7.05 Å². The van der Waals surface area contributed by atoms with Crippen molar-refractivity contribution in [2.75, 3.05) is 24.3 Å². The van der Waals surface area contributed by atoms with Crippen LogP contribution in [0, 0.1) is 15.5 Å². The lowest BCUT2D eigenvalue weighted by Gasteiger charge is -2.31. The molecule has 0 aromatic carbocycles. The Morgan fingerprint density at radius 2 is 2.00 bits per heavy atom. The monoisotopic (exact) mass is 282 g/mol.